The first-order valence-corrected chi connectivity index (χ1v) is 13.3. The van der Waals surface area contributed by atoms with Crippen LogP contribution in [0, 0.1) is 35.0 Å². The average Bonchev–Trinajstić information content (AvgIpc) is 3.53. The number of carbonyl (C=O) groups excluding carboxylic acids is 1. The van der Waals surface area contributed by atoms with Crippen molar-refractivity contribution in [2.24, 2.45) is 16.7 Å². The number of likely N-dealkylation sites (tertiary alicyclic amines) is 1. The zero-order valence-corrected chi connectivity index (χ0v) is 21.8. The topological polar surface area (TPSA) is 77.5 Å². The van der Waals surface area contributed by atoms with Crippen LogP contribution in [-0.2, 0) is 11.2 Å². The maximum Gasteiger partial charge on any atom is 0.245 e. The van der Waals surface area contributed by atoms with Crippen molar-refractivity contribution in [2.45, 2.75) is 46.0 Å². The van der Waals surface area contributed by atoms with Gasteiger partial charge < -0.3 is 14.2 Å². The zero-order chi connectivity index (χ0) is 25.7. The quantitative estimate of drug-likeness (QED) is 0.504. The summed E-state index contributed by atoms with van der Waals surface area (Å²) in [6.07, 6.45) is 10.3. The summed E-state index contributed by atoms with van der Waals surface area (Å²) in [5, 5.41) is 10.7. The van der Waals surface area contributed by atoms with Crippen LogP contribution in [0.1, 0.15) is 55.0 Å². The van der Waals surface area contributed by atoms with Gasteiger partial charge in [0.25, 0.3) is 0 Å². The number of nitriles is 1. The van der Waals surface area contributed by atoms with Crippen molar-refractivity contribution in [3.05, 3.63) is 59.8 Å². The molecule has 1 amide bonds. The number of amides is 1. The fourth-order valence-electron chi connectivity index (χ4n) is 7.65. The van der Waals surface area contributed by atoms with Crippen molar-refractivity contribution in [1.29, 1.82) is 5.26 Å². The van der Waals surface area contributed by atoms with Crippen molar-refractivity contribution in [2.75, 3.05) is 31.1 Å². The highest BCUT2D eigenvalue weighted by atomic mass is 16.2. The number of nitrogens with zero attached hydrogens (tertiary/aromatic N) is 6. The Bertz CT molecular complexity index is 1540. The van der Waals surface area contributed by atoms with E-state index < -0.39 is 0 Å². The Kier molecular flexibility index (Phi) is 4.53. The van der Waals surface area contributed by atoms with Gasteiger partial charge in [-0.15, -0.1) is 0 Å². The molecule has 1 spiro atoms. The normalized spacial score (nSPS) is 24.4. The lowest BCUT2D eigenvalue weighted by atomic mass is 9.48. The predicted octanol–water partition coefficient (Wildman–Crippen LogP) is 4.49. The smallest absolute Gasteiger partial charge is 0.245 e. The standard InChI is InChI=1S/C30H32N6O/c1-5-24(37)36-15-30(16-36)7-9-34(14-30)28-21(12-31)26(25-18(2)6-8-35-17-32-13-23(25)35)20-10-19-11-22(27(20)33-28)29(19,3)4/h5-6,8,13,17,19,22H,1,7,9-11,14-16H2,2-4H3/t19-,22-/m0/s1. The van der Waals surface area contributed by atoms with E-state index in [-0.39, 0.29) is 16.7 Å². The maximum absolute atomic E-state index is 12.1. The summed E-state index contributed by atoms with van der Waals surface area (Å²) < 4.78 is 2.05. The number of hydrogen-bond donors (Lipinski definition) is 0. The highest BCUT2D eigenvalue weighted by Gasteiger charge is 2.55. The number of rotatable bonds is 3. The van der Waals surface area contributed by atoms with Crippen LogP contribution in [0.5, 0.6) is 0 Å². The summed E-state index contributed by atoms with van der Waals surface area (Å²) in [5.74, 6) is 1.86. The van der Waals surface area contributed by atoms with Crippen LogP contribution in [0.4, 0.5) is 5.82 Å². The fourth-order valence-corrected chi connectivity index (χ4v) is 7.65. The van der Waals surface area contributed by atoms with Gasteiger partial charge in [-0.1, -0.05) is 20.4 Å². The molecule has 0 unspecified atom stereocenters. The van der Waals surface area contributed by atoms with Crippen LogP contribution < -0.4 is 4.90 Å². The first-order chi connectivity index (χ1) is 17.8. The van der Waals surface area contributed by atoms with Crippen LogP contribution in [0.2, 0.25) is 0 Å². The highest BCUT2D eigenvalue weighted by molar-refractivity contribution is 5.91. The predicted molar refractivity (Wildman–Crippen MR) is 142 cm³/mol. The molecule has 2 atom stereocenters. The monoisotopic (exact) mass is 492 g/mol. The van der Waals surface area contributed by atoms with E-state index in [9.17, 15) is 10.1 Å². The Hall–Kier alpha value is -3.66. The number of aryl methyl sites for hydroxylation is 1. The van der Waals surface area contributed by atoms with Gasteiger partial charge in [0.15, 0.2) is 0 Å². The summed E-state index contributed by atoms with van der Waals surface area (Å²) in [5.41, 5.74) is 7.80. The number of fused-ring (bicyclic) bond motifs is 1. The Morgan fingerprint density at radius 1 is 1.27 bits per heavy atom. The molecule has 7 nitrogen and oxygen atoms in total. The molecule has 0 aromatic carbocycles. The fraction of sp³-hybridized carbons (Fsp3) is 0.467. The van der Waals surface area contributed by atoms with E-state index in [0.29, 0.717) is 17.4 Å². The molecule has 2 saturated heterocycles. The lowest BCUT2D eigenvalue weighted by molar-refractivity contribution is -0.136. The minimum absolute atomic E-state index is 0.00197. The van der Waals surface area contributed by atoms with Crippen LogP contribution in [0.3, 0.4) is 0 Å². The Balaban J connectivity index is 1.40. The zero-order valence-electron chi connectivity index (χ0n) is 21.8. The van der Waals surface area contributed by atoms with Gasteiger partial charge in [0, 0.05) is 54.8 Å². The Labute approximate surface area is 217 Å². The molecule has 0 radical (unpaired) electrons. The van der Waals surface area contributed by atoms with Gasteiger partial charge >= 0.3 is 0 Å². The third kappa shape index (κ3) is 2.96. The lowest BCUT2D eigenvalue weighted by Crippen LogP contribution is -2.59. The molecule has 3 fully saturated rings. The van der Waals surface area contributed by atoms with E-state index >= 15 is 0 Å². The summed E-state index contributed by atoms with van der Waals surface area (Å²) >= 11 is 0. The van der Waals surface area contributed by atoms with Gasteiger partial charge in [-0.3, -0.25) is 4.79 Å². The molecular weight excluding hydrogens is 460 g/mol. The molecule has 3 aromatic rings. The molecule has 2 aliphatic heterocycles. The largest absolute Gasteiger partial charge is 0.355 e. The number of anilines is 1. The van der Waals surface area contributed by atoms with Gasteiger partial charge in [-0.05, 0) is 60.8 Å². The Morgan fingerprint density at radius 3 is 2.81 bits per heavy atom. The lowest BCUT2D eigenvalue weighted by Gasteiger charge is -2.57. The van der Waals surface area contributed by atoms with Crippen LogP contribution in [-0.4, -0.2) is 51.4 Å². The molecule has 3 aliphatic carbocycles. The van der Waals surface area contributed by atoms with E-state index in [1.165, 1.54) is 23.8 Å². The molecule has 8 rings (SSSR count). The van der Waals surface area contributed by atoms with Gasteiger partial charge in [-0.2, -0.15) is 5.26 Å². The summed E-state index contributed by atoms with van der Waals surface area (Å²) in [6, 6.07) is 4.73. The average molecular weight is 493 g/mol. The molecule has 0 N–H and O–H groups in total. The molecule has 188 valence electrons. The van der Waals surface area contributed by atoms with Gasteiger partial charge in [0.05, 0.1) is 23.7 Å². The third-order valence-electron chi connectivity index (χ3n) is 10.0. The molecule has 5 heterocycles. The SMILES string of the molecule is C=CC(=O)N1CC2(CCN(c3nc4c(c(-c5c(C)ccn6cncc56)c3C#N)C[C@H]3C[C@@H]4C3(C)C)C2)C1. The van der Waals surface area contributed by atoms with Crippen molar-refractivity contribution in [1.82, 2.24) is 19.3 Å². The molecule has 7 heteroatoms. The van der Waals surface area contributed by atoms with Crippen molar-refractivity contribution in [3.63, 3.8) is 0 Å². The van der Waals surface area contributed by atoms with E-state index in [0.717, 1.165) is 67.0 Å². The maximum atomic E-state index is 12.1. The Morgan fingerprint density at radius 2 is 2.08 bits per heavy atom. The number of imidazole rings is 1. The number of pyridine rings is 2. The van der Waals surface area contributed by atoms with Crippen molar-refractivity contribution in [3.8, 4) is 17.2 Å². The van der Waals surface area contributed by atoms with Gasteiger partial charge in [0.1, 0.15) is 17.5 Å². The van der Waals surface area contributed by atoms with Gasteiger partial charge in [-0.25, -0.2) is 9.97 Å². The first kappa shape index (κ1) is 22.5. The molecular formula is C30H32N6O. The van der Waals surface area contributed by atoms with Gasteiger partial charge in [0.2, 0.25) is 5.91 Å². The van der Waals surface area contributed by atoms with Crippen molar-refractivity contribution < 1.29 is 4.79 Å². The third-order valence-corrected chi connectivity index (χ3v) is 10.0. The molecule has 3 aromatic heterocycles. The van der Waals surface area contributed by atoms with Crippen LogP contribution in [0.25, 0.3) is 16.6 Å². The van der Waals surface area contributed by atoms with Crippen molar-refractivity contribution >= 4 is 17.2 Å². The minimum atomic E-state index is 0.00197. The summed E-state index contributed by atoms with van der Waals surface area (Å²) in [4.78, 5) is 26.1. The molecule has 1 saturated carbocycles. The second-order valence-electron chi connectivity index (χ2n) is 12.3. The van der Waals surface area contributed by atoms with E-state index in [1.54, 1.807) is 0 Å². The molecule has 5 aliphatic rings. The molecule has 37 heavy (non-hydrogen) atoms. The van der Waals surface area contributed by atoms with Crippen LogP contribution in [0.15, 0.2) is 37.4 Å². The highest BCUT2D eigenvalue weighted by Crippen LogP contribution is 2.63. The second kappa shape index (κ2) is 7.44. The second-order valence-corrected chi connectivity index (χ2v) is 12.3. The number of aromatic nitrogens is 3. The van der Waals surface area contributed by atoms with E-state index in [2.05, 4.69) is 49.4 Å². The van der Waals surface area contributed by atoms with E-state index in [4.69, 9.17) is 4.98 Å². The summed E-state index contributed by atoms with van der Waals surface area (Å²) in [7, 11) is 0. The summed E-state index contributed by atoms with van der Waals surface area (Å²) in [6.45, 7) is 13.7. The minimum Gasteiger partial charge on any atom is -0.355 e. The first-order valence-electron chi connectivity index (χ1n) is 13.3. The van der Waals surface area contributed by atoms with E-state index in [1.807, 2.05) is 28.0 Å². The van der Waals surface area contributed by atoms with Crippen LogP contribution >= 0.6 is 0 Å². The number of carbonyl (C=O) groups is 1. The molecule has 2 bridgehead atoms. The number of hydrogen-bond acceptors (Lipinski definition) is 5.